The molecule has 1 heterocycles. The van der Waals surface area contributed by atoms with Gasteiger partial charge in [0.15, 0.2) is 11.6 Å². The fourth-order valence-corrected chi connectivity index (χ4v) is 1.26. The van der Waals surface area contributed by atoms with Crippen molar-refractivity contribution in [2.75, 3.05) is 0 Å². The van der Waals surface area contributed by atoms with Crippen LogP contribution in [0.1, 0.15) is 12.7 Å². The van der Waals surface area contributed by atoms with Gasteiger partial charge in [-0.3, -0.25) is 0 Å². The van der Waals surface area contributed by atoms with Crippen LogP contribution in [-0.4, -0.2) is 15.0 Å². The average Bonchev–Trinajstić information content (AvgIpc) is 2.31. The molecule has 2 rings (SSSR count). The summed E-state index contributed by atoms with van der Waals surface area (Å²) in [6.07, 6.45) is 5.29. The molecule has 3 heteroatoms. The molecule has 0 fully saturated rings. The quantitative estimate of drug-likeness (QED) is 0.742. The van der Waals surface area contributed by atoms with Crippen LogP contribution in [-0.2, 0) is 0 Å². The van der Waals surface area contributed by atoms with Gasteiger partial charge in [0.05, 0.1) is 0 Å². The number of hydrogen-bond donors (Lipinski definition) is 0. The highest BCUT2D eigenvalue weighted by molar-refractivity contribution is 5.55. The highest BCUT2D eigenvalue weighted by Gasteiger charge is 2.00. The summed E-state index contributed by atoms with van der Waals surface area (Å²) in [5.41, 5.74) is 1.01. The maximum atomic E-state index is 4.32. The summed E-state index contributed by atoms with van der Waals surface area (Å²) < 4.78 is 0. The first kappa shape index (κ1) is 9.52. The molecule has 0 saturated carbocycles. The van der Waals surface area contributed by atoms with Crippen molar-refractivity contribution in [1.82, 2.24) is 15.0 Å². The molecule has 0 N–H and O–H groups in total. The van der Waals surface area contributed by atoms with Crippen LogP contribution in [0.5, 0.6) is 0 Å². The lowest BCUT2D eigenvalue weighted by molar-refractivity contribution is 1.03. The zero-order valence-corrected chi connectivity index (χ0v) is 8.46. The molecule has 3 nitrogen and oxygen atoms in total. The molecular weight excluding hydrogens is 186 g/mol. The van der Waals surface area contributed by atoms with E-state index < -0.39 is 0 Å². The van der Waals surface area contributed by atoms with Gasteiger partial charge in [-0.05, 0) is 13.0 Å². The van der Waals surface area contributed by atoms with Gasteiger partial charge < -0.3 is 0 Å². The van der Waals surface area contributed by atoms with E-state index in [1.807, 2.05) is 49.4 Å². The number of nitrogens with zero attached hydrogens (tertiary/aromatic N) is 3. The maximum Gasteiger partial charge on any atom is 0.163 e. The van der Waals surface area contributed by atoms with E-state index in [2.05, 4.69) is 15.0 Å². The van der Waals surface area contributed by atoms with Crippen LogP contribution in [0.15, 0.2) is 42.7 Å². The van der Waals surface area contributed by atoms with Crippen molar-refractivity contribution < 1.29 is 0 Å². The maximum absolute atomic E-state index is 4.32. The molecule has 0 unspecified atom stereocenters. The summed E-state index contributed by atoms with van der Waals surface area (Å²) in [6, 6.07) is 9.87. The Bertz CT molecular complexity index is 463. The molecule has 0 radical (unpaired) electrons. The summed E-state index contributed by atoms with van der Waals surface area (Å²) in [5, 5.41) is 0. The van der Waals surface area contributed by atoms with Gasteiger partial charge in [-0.2, -0.15) is 0 Å². The Hall–Kier alpha value is -2.03. The Balaban J connectivity index is 2.41. The molecule has 0 amide bonds. The van der Waals surface area contributed by atoms with Crippen molar-refractivity contribution in [3.05, 3.63) is 48.6 Å². The van der Waals surface area contributed by atoms with Crippen molar-refractivity contribution in [1.29, 1.82) is 0 Å². The van der Waals surface area contributed by atoms with Gasteiger partial charge in [0.1, 0.15) is 6.33 Å². The van der Waals surface area contributed by atoms with Crippen LogP contribution < -0.4 is 0 Å². The molecule has 0 aliphatic rings. The third-order valence-electron chi connectivity index (χ3n) is 1.94. The second-order valence-corrected chi connectivity index (χ2v) is 3.03. The molecule has 1 aromatic heterocycles. The minimum absolute atomic E-state index is 0.686. The first-order chi connectivity index (χ1) is 7.40. The molecule has 2 aromatic rings. The average molecular weight is 197 g/mol. The Morgan fingerprint density at radius 3 is 2.60 bits per heavy atom. The van der Waals surface area contributed by atoms with E-state index >= 15 is 0 Å². The summed E-state index contributed by atoms with van der Waals surface area (Å²) in [6.45, 7) is 1.94. The highest BCUT2D eigenvalue weighted by Crippen LogP contribution is 2.12. The topological polar surface area (TPSA) is 38.7 Å². The van der Waals surface area contributed by atoms with Crippen molar-refractivity contribution in [2.24, 2.45) is 0 Å². The number of hydrogen-bond acceptors (Lipinski definition) is 3. The number of benzene rings is 1. The van der Waals surface area contributed by atoms with Gasteiger partial charge in [-0.25, -0.2) is 15.0 Å². The Morgan fingerprint density at radius 1 is 1.07 bits per heavy atom. The van der Waals surface area contributed by atoms with Crippen molar-refractivity contribution >= 4 is 6.08 Å². The van der Waals surface area contributed by atoms with E-state index in [-0.39, 0.29) is 0 Å². The largest absolute Gasteiger partial charge is 0.217 e. The second kappa shape index (κ2) is 4.46. The number of allylic oxidation sites excluding steroid dienone is 1. The smallest absolute Gasteiger partial charge is 0.163 e. The Morgan fingerprint density at radius 2 is 1.87 bits per heavy atom. The predicted octanol–water partition coefficient (Wildman–Crippen LogP) is 2.57. The molecule has 0 saturated heterocycles. The molecular formula is C12H11N3. The van der Waals surface area contributed by atoms with Crippen molar-refractivity contribution in [3.63, 3.8) is 0 Å². The van der Waals surface area contributed by atoms with E-state index in [1.54, 1.807) is 0 Å². The van der Waals surface area contributed by atoms with Gasteiger partial charge in [0.25, 0.3) is 0 Å². The predicted molar refractivity (Wildman–Crippen MR) is 60.0 cm³/mol. The van der Waals surface area contributed by atoms with Gasteiger partial charge in [0, 0.05) is 5.56 Å². The third kappa shape index (κ3) is 2.26. The first-order valence-corrected chi connectivity index (χ1v) is 4.77. The molecule has 0 spiro atoms. The summed E-state index contributed by atoms with van der Waals surface area (Å²) in [5.74, 6) is 1.39. The minimum Gasteiger partial charge on any atom is -0.217 e. The highest BCUT2D eigenvalue weighted by atomic mass is 15.0. The number of rotatable bonds is 2. The lowest BCUT2D eigenvalue weighted by atomic mass is 10.2. The molecule has 0 bridgehead atoms. The summed E-state index contributed by atoms with van der Waals surface area (Å²) in [7, 11) is 0. The van der Waals surface area contributed by atoms with Crippen molar-refractivity contribution in [2.45, 2.75) is 6.92 Å². The Labute approximate surface area is 88.6 Å². The van der Waals surface area contributed by atoms with E-state index in [0.29, 0.717) is 11.6 Å². The standard InChI is InChI=1S/C12H11N3/c1-2-6-11-13-9-14-12(15-11)10-7-4-3-5-8-10/h2-9H,1H3/b6-2+. The number of aromatic nitrogens is 3. The Kier molecular flexibility index (Phi) is 2.83. The van der Waals surface area contributed by atoms with Crippen LogP contribution in [0, 0.1) is 0 Å². The van der Waals surface area contributed by atoms with Gasteiger partial charge in [-0.1, -0.05) is 36.4 Å². The molecule has 0 aliphatic heterocycles. The van der Waals surface area contributed by atoms with Gasteiger partial charge >= 0.3 is 0 Å². The van der Waals surface area contributed by atoms with E-state index in [4.69, 9.17) is 0 Å². The first-order valence-electron chi connectivity index (χ1n) is 4.77. The third-order valence-corrected chi connectivity index (χ3v) is 1.94. The minimum atomic E-state index is 0.686. The van der Waals surface area contributed by atoms with E-state index in [1.165, 1.54) is 6.33 Å². The van der Waals surface area contributed by atoms with E-state index in [9.17, 15) is 0 Å². The normalized spacial score (nSPS) is 10.7. The zero-order valence-electron chi connectivity index (χ0n) is 8.46. The van der Waals surface area contributed by atoms with Crippen molar-refractivity contribution in [3.8, 4) is 11.4 Å². The van der Waals surface area contributed by atoms with Gasteiger partial charge in [-0.15, -0.1) is 0 Å². The van der Waals surface area contributed by atoms with Crippen LogP contribution in [0.3, 0.4) is 0 Å². The van der Waals surface area contributed by atoms with Crippen LogP contribution in [0.4, 0.5) is 0 Å². The van der Waals surface area contributed by atoms with E-state index in [0.717, 1.165) is 5.56 Å². The summed E-state index contributed by atoms with van der Waals surface area (Å²) in [4.78, 5) is 12.5. The molecule has 74 valence electrons. The zero-order chi connectivity index (χ0) is 10.5. The lowest BCUT2D eigenvalue weighted by Gasteiger charge is -1.99. The van der Waals surface area contributed by atoms with Gasteiger partial charge in [0.2, 0.25) is 0 Å². The SMILES string of the molecule is C/C=C/c1ncnc(-c2ccccc2)n1. The lowest BCUT2D eigenvalue weighted by Crippen LogP contribution is -1.93. The molecule has 0 aliphatic carbocycles. The molecule has 1 aromatic carbocycles. The molecule has 0 atom stereocenters. The summed E-state index contributed by atoms with van der Waals surface area (Å²) >= 11 is 0. The van der Waals surface area contributed by atoms with Crippen LogP contribution in [0.25, 0.3) is 17.5 Å². The fraction of sp³-hybridized carbons (Fsp3) is 0.0833. The van der Waals surface area contributed by atoms with Crippen LogP contribution >= 0.6 is 0 Å². The fourth-order valence-electron chi connectivity index (χ4n) is 1.26. The monoisotopic (exact) mass is 197 g/mol. The van der Waals surface area contributed by atoms with Crippen LogP contribution in [0.2, 0.25) is 0 Å². The molecule has 15 heavy (non-hydrogen) atoms. The second-order valence-electron chi connectivity index (χ2n) is 3.03.